The molecule has 1 aromatic carbocycles. The molecule has 3 rings (SSSR count). The first-order chi connectivity index (χ1) is 10.6. The molecule has 22 heavy (non-hydrogen) atoms. The quantitative estimate of drug-likeness (QED) is 0.695. The Morgan fingerprint density at radius 2 is 2.14 bits per heavy atom. The van der Waals surface area contributed by atoms with Crippen LogP contribution in [0.25, 0.3) is 0 Å². The van der Waals surface area contributed by atoms with Crippen LogP contribution < -0.4 is 0 Å². The minimum absolute atomic E-state index is 0.0907. The molecule has 1 aromatic heterocycles. The Bertz CT molecular complexity index is 807. The van der Waals surface area contributed by atoms with E-state index in [4.69, 9.17) is 11.6 Å². The maximum absolute atomic E-state index is 10.0. The number of fused-ring (bicyclic) bond motifs is 1. The van der Waals surface area contributed by atoms with Crippen LogP contribution in [0.15, 0.2) is 21.6 Å². The number of aryl methyl sites for hydroxylation is 1. The molecule has 1 aliphatic rings. The average molecular weight is 396 g/mol. The number of nitrogens with zero attached hydrogens (tertiary/aromatic N) is 2. The van der Waals surface area contributed by atoms with E-state index in [9.17, 15) is 10.4 Å². The summed E-state index contributed by atoms with van der Waals surface area (Å²) >= 11 is 10.8. The molecule has 2 aromatic rings. The molecule has 1 aliphatic carbocycles. The van der Waals surface area contributed by atoms with Gasteiger partial charge >= 0.3 is 0 Å². The van der Waals surface area contributed by atoms with E-state index >= 15 is 0 Å². The number of halogens is 2. The fraction of sp³-hybridized carbons (Fsp3) is 0.250. The summed E-state index contributed by atoms with van der Waals surface area (Å²) in [6, 6.07) is 5.54. The van der Waals surface area contributed by atoms with E-state index in [0.717, 1.165) is 24.8 Å². The number of thiophene rings is 1. The molecule has 0 fully saturated rings. The molecule has 0 radical (unpaired) electrons. The first-order valence-electron chi connectivity index (χ1n) is 6.87. The van der Waals surface area contributed by atoms with Gasteiger partial charge in [0.1, 0.15) is 16.8 Å². The number of hydrogen-bond acceptors (Lipinski definition) is 4. The lowest BCUT2D eigenvalue weighted by atomic mass is 9.96. The topological polar surface area (TPSA) is 56.4 Å². The molecule has 0 spiro atoms. The highest BCUT2D eigenvalue weighted by molar-refractivity contribution is 9.10. The molecule has 1 N–H and O–H groups in total. The van der Waals surface area contributed by atoms with E-state index in [1.165, 1.54) is 11.3 Å². The maximum atomic E-state index is 10.0. The number of hydrogen-bond donors (Lipinski definition) is 1. The summed E-state index contributed by atoms with van der Waals surface area (Å²) in [6.45, 7) is 0. The summed E-state index contributed by atoms with van der Waals surface area (Å²) in [5.41, 5.74) is 2.36. The Morgan fingerprint density at radius 3 is 2.91 bits per heavy atom. The zero-order valence-corrected chi connectivity index (χ0v) is 14.7. The molecule has 0 unspecified atom stereocenters. The molecular weight excluding hydrogens is 384 g/mol. The summed E-state index contributed by atoms with van der Waals surface area (Å²) in [5.74, 6) is 0.0907. The highest BCUT2D eigenvalue weighted by atomic mass is 79.9. The van der Waals surface area contributed by atoms with Crippen molar-refractivity contribution < 1.29 is 5.11 Å². The molecule has 6 heteroatoms. The lowest BCUT2D eigenvalue weighted by Gasteiger charge is -2.09. The SMILES string of the molecule is N#Cc1c(/N=C/c2cc(Cl)cc(Br)c2O)sc2c1CCCC2. The van der Waals surface area contributed by atoms with Crippen molar-refractivity contribution >= 4 is 50.1 Å². The summed E-state index contributed by atoms with van der Waals surface area (Å²) in [7, 11) is 0. The van der Waals surface area contributed by atoms with Gasteiger partial charge in [0, 0.05) is 21.7 Å². The molecule has 1 heterocycles. The van der Waals surface area contributed by atoms with Crippen LogP contribution in [-0.2, 0) is 12.8 Å². The van der Waals surface area contributed by atoms with Gasteiger partial charge in [-0.15, -0.1) is 11.3 Å². The van der Waals surface area contributed by atoms with Crippen LogP contribution in [0.3, 0.4) is 0 Å². The van der Waals surface area contributed by atoms with Crippen molar-refractivity contribution in [2.24, 2.45) is 4.99 Å². The predicted octanol–water partition coefficient (Wildman–Crippen LogP) is 5.37. The third-order valence-corrected chi connectivity index (χ3v) is 5.67. The van der Waals surface area contributed by atoms with E-state index in [-0.39, 0.29) is 5.75 Å². The van der Waals surface area contributed by atoms with Crippen molar-refractivity contribution in [2.75, 3.05) is 0 Å². The Hall–Kier alpha value is -1.35. The first-order valence-corrected chi connectivity index (χ1v) is 8.85. The van der Waals surface area contributed by atoms with Gasteiger partial charge in [-0.1, -0.05) is 11.6 Å². The van der Waals surface area contributed by atoms with E-state index in [1.54, 1.807) is 29.7 Å². The number of phenolic OH excluding ortho intramolecular Hbond substituents is 1. The highest BCUT2D eigenvalue weighted by Gasteiger charge is 2.20. The van der Waals surface area contributed by atoms with Gasteiger partial charge in [0.2, 0.25) is 0 Å². The van der Waals surface area contributed by atoms with Gasteiger partial charge in [-0.05, 0) is 59.3 Å². The number of benzene rings is 1. The summed E-state index contributed by atoms with van der Waals surface area (Å²) in [4.78, 5) is 5.70. The van der Waals surface area contributed by atoms with E-state index < -0.39 is 0 Å². The van der Waals surface area contributed by atoms with Crippen LogP contribution in [0.2, 0.25) is 5.02 Å². The van der Waals surface area contributed by atoms with Crippen LogP contribution in [0.4, 0.5) is 5.00 Å². The largest absolute Gasteiger partial charge is 0.506 e. The third kappa shape index (κ3) is 2.91. The first kappa shape index (κ1) is 15.5. The van der Waals surface area contributed by atoms with Gasteiger partial charge < -0.3 is 5.11 Å². The van der Waals surface area contributed by atoms with Gasteiger partial charge in [-0.25, -0.2) is 4.99 Å². The van der Waals surface area contributed by atoms with Gasteiger partial charge in [0.25, 0.3) is 0 Å². The second-order valence-corrected chi connectivity index (χ2v) is 7.46. The van der Waals surface area contributed by atoms with Crippen molar-refractivity contribution in [3.8, 4) is 11.8 Å². The minimum atomic E-state index is 0.0907. The number of aromatic hydroxyl groups is 1. The number of nitriles is 1. The highest BCUT2D eigenvalue weighted by Crippen LogP contribution is 2.39. The maximum Gasteiger partial charge on any atom is 0.138 e. The predicted molar refractivity (Wildman–Crippen MR) is 93.7 cm³/mol. The second-order valence-electron chi connectivity index (χ2n) is 5.09. The zero-order chi connectivity index (χ0) is 15.7. The smallest absolute Gasteiger partial charge is 0.138 e. The molecule has 3 nitrogen and oxygen atoms in total. The van der Waals surface area contributed by atoms with Gasteiger partial charge in [-0.2, -0.15) is 5.26 Å². The Kier molecular flexibility index (Phi) is 4.53. The lowest BCUT2D eigenvalue weighted by molar-refractivity contribution is 0.471. The van der Waals surface area contributed by atoms with Crippen molar-refractivity contribution in [3.63, 3.8) is 0 Å². The lowest BCUT2D eigenvalue weighted by Crippen LogP contribution is -1.99. The average Bonchev–Trinajstić information content (AvgIpc) is 2.86. The molecule has 0 bridgehead atoms. The number of phenols is 1. The Morgan fingerprint density at radius 1 is 1.36 bits per heavy atom. The van der Waals surface area contributed by atoms with E-state index in [0.29, 0.717) is 25.6 Å². The van der Waals surface area contributed by atoms with Crippen LogP contribution >= 0.6 is 38.9 Å². The minimum Gasteiger partial charge on any atom is -0.506 e. The summed E-state index contributed by atoms with van der Waals surface area (Å²) in [5, 5.41) is 20.7. The van der Waals surface area contributed by atoms with Crippen molar-refractivity contribution in [2.45, 2.75) is 25.7 Å². The fourth-order valence-corrected chi connectivity index (χ4v) is 4.59. The number of aliphatic imine (C=N–C) groups is 1. The van der Waals surface area contributed by atoms with Crippen molar-refractivity contribution in [1.29, 1.82) is 5.26 Å². The second kappa shape index (κ2) is 6.41. The van der Waals surface area contributed by atoms with Crippen LogP contribution in [0.5, 0.6) is 5.75 Å². The van der Waals surface area contributed by atoms with Crippen LogP contribution in [-0.4, -0.2) is 11.3 Å². The standard InChI is InChI=1S/C16H12BrClN2OS/c17-13-6-10(18)5-9(15(13)21)8-20-16-12(7-19)11-3-1-2-4-14(11)22-16/h5-6,8,21H,1-4H2/b20-8+. The van der Waals surface area contributed by atoms with E-state index in [2.05, 4.69) is 27.0 Å². The Balaban J connectivity index is 2.00. The van der Waals surface area contributed by atoms with Crippen molar-refractivity contribution in [1.82, 2.24) is 0 Å². The number of rotatable bonds is 2. The Labute approximate surface area is 146 Å². The molecule has 0 aliphatic heterocycles. The molecule has 0 atom stereocenters. The molecule has 0 saturated heterocycles. The third-order valence-electron chi connectivity index (χ3n) is 3.64. The van der Waals surface area contributed by atoms with Gasteiger partial charge in [0.15, 0.2) is 0 Å². The van der Waals surface area contributed by atoms with Crippen LogP contribution in [0.1, 0.15) is 34.4 Å². The van der Waals surface area contributed by atoms with Gasteiger partial charge in [-0.3, -0.25) is 0 Å². The zero-order valence-electron chi connectivity index (χ0n) is 11.6. The molecule has 0 amide bonds. The van der Waals surface area contributed by atoms with Crippen molar-refractivity contribution in [3.05, 3.63) is 43.2 Å². The molecule has 0 saturated carbocycles. The normalized spacial score (nSPS) is 14.0. The monoisotopic (exact) mass is 394 g/mol. The molecular formula is C16H12BrClN2OS. The van der Waals surface area contributed by atoms with Crippen LogP contribution in [0, 0.1) is 11.3 Å². The molecule has 112 valence electrons. The van der Waals surface area contributed by atoms with E-state index in [1.807, 2.05) is 0 Å². The summed E-state index contributed by atoms with van der Waals surface area (Å²) in [6.07, 6.45) is 5.84. The fourth-order valence-electron chi connectivity index (χ4n) is 2.57. The summed E-state index contributed by atoms with van der Waals surface area (Å²) < 4.78 is 0.521. The van der Waals surface area contributed by atoms with Gasteiger partial charge in [0.05, 0.1) is 10.0 Å².